The summed E-state index contributed by atoms with van der Waals surface area (Å²) in [7, 11) is 0. The van der Waals surface area contributed by atoms with E-state index in [-0.39, 0.29) is 12.4 Å². The van der Waals surface area contributed by atoms with Gasteiger partial charge in [-0.1, -0.05) is 109 Å². The van der Waals surface area contributed by atoms with E-state index in [0.717, 1.165) is 62.5 Å². The number of imidazole rings is 1. The van der Waals surface area contributed by atoms with Crippen LogP contribution in [0.3, 0.4) is 0 Å². The van der Waals surface area contributed by atoms with E-state index in [1.54, 1.807) is 48.5 Å². The van der Waals surface area contributed by atoms with Crippen molar-refractivity contribution in [2.24, 2.45) is 0 Å². The molecule has 5 aromatic rings. The zero-order chi connectivity index (χ0) is 37.7. The first-order valence-electron chi connectivity index (χ1n) is 18.6. The summed E-state index contributed by atoms with van der Waals surface area (Å²) in [5.41, 5.74) is 4.09. The van der Waals surface area contributed by atoms with Gasteiger partial charge in [0.15, 0.2) is 12.4 Å². The summed E-state index contributed by atoms with van der Waals surface area (Å²) in [4.78, 5) is 32.0. The summed E-state index contributed by atoms with van der Waals surface area (Å²) in [6.07, 6.45) is 14.1. The molecule has 4 aromatic carbocycles. The Morgan fingerprint density at radius 3 is 1.60 bits per heavy atom. The Morgan fingerprint density at radius 1 is 0.585 bits per heavy atom. The maximum atomic E-state index is 12.2. The molecule has 0 unspecified atom stereocenters. The first-order valence-corrected chi connectivity index (χ1v) is 20.2. The number of H-pyrrole nitrogens is 1. The molecule has 0 spiro atoms. The second kappa shape index (κ2) is 23.5. The molecule has 53 heavy (non-hydrogen) atoms. The van der Waals surface area contributed by atoms with E-state index >= 15 is 0 Å². The molecule has 1 aromatic heterocycles. The number of ether oxygens (including phenoxy) is 3. The molecular formula is C44H50Br2N2O5. The predicted molar refractivity (Wildman–Crippen MR) is 221 cm³/mol. The van der Waals surface area contributed by atoms with Crippen molar-refractivity contribution >= 4 is 43.6 Å². The molecule has 0 saturated heterocycles. The van der Waals surface area contributed by atoms with Gasteiger partial charge in [0.2, 0.25) is 0 Å². The number of halogens is 2. The Labute approximate surface area is 331 Å². The van der Waals surface area contributed by atoms with Crippen LogP contribution in [0.2, 0.25) is 0 Å². The lowest BCUT2D eigenvalue weighted by Crippen LogP contribution is -2.14. The normalized spacial score (nSPS) is 10.6. The quantitative estimate of drug-likeness (QED) is 0.0477. The van der Waals surface area contributed by atoms with Crippen molar-refractivity contribution in [2.45, 2.75) is 78.1 Å². The van der Waals surface area contributed by atoms with Crippen LogP contribution >= 0.6 is 31.9 Å². The molecule has 0 fully saturated rings. The molecule has 1 N–H and O–H groups in total. The number of carbonyl (C=O) groups excluding carboxylic acids is 2. The third-order valence-corrected chi connectivity index (χ3v) is 9.54. The molecular weight excluding hydrogens is 796 g/mol. The number of aromatic amines is 1. The zero-order valence-electron chi connectivity index (χ0n) is 30.8. The Hall–Kier alpha value is -4.21. The van der Waals surface area contributed by atoms with Gasteiger partial charge in [0.25, 0.3) is 0 Å². The first-order chi connectivity index (χ1) is 25.9. The van der Waals surface area contributed by atoms with Gasteiger partial charge in [0.05, 0.1) is 30.7 Å². The van der Waals surface area contributed by atoms with Crippen LogP contribution in [0.15, 0.2) is 112 Å². The molecule has 0 aliphatic rings. The highest BCUT2D eigenvalue weighted by atomic mass is 79.9. The summed E-state index contributed by atoms with van der Waals surface area (Å²) in [5, 5.41) is 0. The molecule has 0 bridgehead atoms. The maximum Gasteiger partial charge on any atom is 0.338 e. The fourth-order valence-corrected chi connectivity index (χ4v) is 5.89. The number of benzene rings is 4. The lowest BCUT2D eigenvalue weighted by molar-refractivity contribution is 0.0474. The van der Waals surface area contributed by atoms with Crippen molar-refractivity contribution in [1.82, 2.24) is 9.97 Å². The fraction of sp³-hybridized carbons (Fsp3) is 0.341. The number of nitrogens with one attached hydrogen (secondary N) is 1. The molecule has 0 amide bonds. The molecule has 5 rings (SSSR count). The van der Waals surface area contributed by atoms with Crippen LogP contribution in [0, 0.1) is 0 Å². The predicted octanol–water partition coefficient (Wildman–Crippen LogP) is 12.7. The number of Topliss-reactive ketones (excluding diaryl/α,β-unsaturated/α-hetero) is 1. The van der Waals surface area contributed by atoms with Crippen molar-refractivity contribution < 1.29 is 23.8 Å². The Morgan fingerprint density at radius 2 is 1.06 bits per heavy atom. The van der Waals surface area contributed by atoms with Gasteiger partial charge < -0.3 is 19.2 Å². The monoisotopic (exact) mass is 844 g/mol. The van der Waals surface area contributed by atoms with Gasteiger partial charge in [-0.25, -0.2) is 9.78 Å². The molecule has 0 atom stereocenters. The lowest BCUT2D eigenvalue weighted by atomic mass is 10.1. The largest absolute Gasteiger partial charge is 0.494 e. The highest BCUT2D eigenvalue weighted by molar-refractivity contribution is 9.10. The number of hydrogen-bond acceptors (Lipinski definition) is 6. The average Bonchev–Trinajstić information content (AvgIpc) is 3.68. The number of carbonyl (C=O) groups is 2. The van der Waals surface area contributed by atoms with E-state index in [4.69, 9.17) is 14.2 Å². The SMILES string of the molecule is CCCCCCCOc1ccc(-c2cnc(-c3ccc(Br)cc3)[nH]2)cc1.CCCCCCCOc1ccc(C(=O)COC(=O)c2ccc(Br)cc2)cc1. The Bertz CT molecular complexity index is 1790. The minimum atomic E-state index is -0.515. The molecule has 280 valence electrons. The summed E-state index contributed by atoms with van der Waals surface area (Å²) in [6, 6.07) is 30.1. The van der Waals surface area contributed by atoms with Crippen LogP contribution in [0.25, 0.3) is 22.6 Å². The van der Waals surface area contributed by atoms with Crippen molar-refractivity contribution in [3.8, 4) is 34.1 Å². The maximum absolute atomic E-state index is 12.2. The van der Waals surface area contributed by atoms with Crippen LogP contribution in [0.4, 0.5) is 0 Å². The number of hydrogen-bond donors (Lipinski definition) is 1. The van der Waals surface area contributed by atoms with E-state index in [1.807, 2.05) is 42.6 Å². The molecule has 0 aliphatic carbocycles. The van der Waals surface area contributed by atoms with E-state index in [1.165, 1.54) is 51.4 Å². The van der Waals surface area contributed by atoms with Gasteiger partial charge >= 0.3 is 5.97 Å². The van der Waals surface area contributed by atoms with Crippen LogP contribution in [0.5, 0.6) is 11.5 Å². The van der Waals surface area contributed by atoms with Crippen LogP contribution < -0.4 is 9.47 Å². The van der Waals surface area contributed by atoms with Gasteiger partial charge in [-0.2, -0.15) is 0 Å². The standard InChI is InChI=1S/C22H25BrN2O.C22H25BrO4/c1-2-3-4-5-6-15-26-20-13-9-17(10-14-20)21-16-24-22(25-21)18-7-11-19(23)12-8-18;1-2-3-4-5-6-15-26-20-13-9-17(10-14-20)21(24)16-27-22(25)18-7-11-19(23)12-8-18/h7-14,16H,2-6,15H2,1H3,(H,24,25);7-14H,2-6,15-16H2,1H3. The molecule has 7 nitrogen and oxygen atoms in total. The van der Waals surface area contributed by atoms with E-state index in [0.29, 0.717) is 17.7 Å². The molecule has 9 heteroatoms. The molecule has 0 aliphatic heterocycles. The Kier molecular flexibility index (Phi) is 18.4. The summed E-state index contributed by atoms with van der Waals surface area (Å²) < 4.78 is 18.5. The second-order valence-corrected chi connectivity index (χ2v) is 14.6. The number of rotatable bonds is 20. The highest BCUT2D eigenvalue weighted by Gasteiger charge is 2.12. The number of unbranched alkanes of at least 4 members (excludes halogenated alkanes) is 8. The highest BCUT2D eigenvalue weighted by Crippen LogP contribution is 2.25. The first kappa shape index (κ1) is 41.5. The summed E-state index contributed by atoms with van der Waals surface area (Å²) in [6.45, 7) is 5.62. The summed E-state index contributed by atoms with van der Waals surface area (Å²) >= 11 is 6.76. The average molecular weight is 847 g/mol. The van der Waals surface area contributed by atoms with Crippen molar-refractivity contribution in [3.63, 3.8) is 0 Å². The van der Waals surface area contributed by atoms with Crippen LogP contribution in [-0.4, -0.2) is 41.5 Å². The summed E-state index contributed by atoms with van der Waals surface area (Å²) in [5.74, 6) is 1.79. The van der Waals surface area contributed by atoms with Crippen LogP contribution in [-0.2, 0) is 4.74 Å². The van der Waals surface area contributed by atoms with Gasteiger partial charge in [-0.3, -0.25) is 4.79 Å². The molecule has 0 saturated carbocycles. The van der Waals surface area contributed by atoms with Crippen molar-refractivity contribution in [1.29, 1.82) is 0 Å². The topological polar surface area (TPSA) is 90.5 Å². The third-order valence-electron chi connectivity index (χ3n) is 8.48. The van der Waals surface area contributed by atoms with Crippen LogP contribution in [0.1, 0.15) is 98.8 Å². The fourth-order valence-electron chi connectivity index (χ4n) is 5.37. The minimum Gasteiger partial charge on any atom is -0.494 e. The lowest BCUT2D eigenvalue weighted by Gasteiger charge is -2.08. The van der Waals surface area contributed by atoms with Crippen molar-refractivity contribution in [3.05, 3.63) is 123 Å². The Balaban J connectivity index is 0.000000237. The molecule has 1 heterocycles. The number of esters is 1. The van der Waals surface area contributed by atoms with Gasteiger partial charge in [-0.15, -0.1) is 0 Å². The minimum absolute atomic E-state index is 0.244. The third kappa shape index (κ3) is 15.0. The smallest absolute Gasteiger partial charge is 0.338 e. The van der Waals surface area contributed by atoms with Gasteiger partial charge in [-0.05, 0) is 103 Å². The molecule has 0 radical (unpaired) electrons. The van der Waals surface area contributed by atoms with E-state index in [9.17, 15) is 9.59 Å². The number of aromatic nitrogens is 2. The van der Waals surface area contributed by atoms with E-state index in [2.05, 4.69) is 67.8 Å². The van der Waals surface area contributed by atoms with Gasteiger partial charge in [0.1, 0.15) is 17.3 Å². The number of ketones is 1. The van der Waals surface area contributed by atoms with E-state index < -0.39 is 5.97 Å². The second-order valence-electron chi connectivity index (χ2n) is 12.7. The zero-order valence-corrected chi connectivity index (χ0v) is 33.9. The van der Waals surface area contributed by atoms with Gasteiger partial charge in [0, 0.05) is 20.1 Å². The number of nitrogens with zero attached hydrogens (tertiary/aromatic N) is 1. The van der Waals surface area contributed by atoms with Crippen molar-refractivity contribution in [2.75, 3.05) is 19.8 Å².